The molecule has 0 aromatic rings. The summed E-state index contributed by atoms with van der Waals surface area (Å²) in [6, 6.07) is 0. The molecule has 1 amide bonds. The van der Waals surface area contributed by atoms with Crippen molar-refractivity contribution < 1.29 is 19.4 Å². The summed E-state index contributed by atoms with van der Waals surface area (Å²) in [6.45, 7) is 4.35. The van der Waals surface area contributed by atoms with Gasteiger partial charge in [-0.1, -0.05) is 12.5 Å². The molecule has 0 radical (unpaired) electrons. The summed E-state index contributed by atoms with van der Waals surface area (Å²) < 4.78 is 4.97. The third-order valence-corrected chi connectivity index (χ3v) is 2.57. The number of amides is 1. The van der Waals surface area contributed by atoms with Crippen molar-refractivity contribution in [2.24, 2.45) is 0 Å². The highest BCUT2D eigenvalue weighted by Crippen LogP contribution is 2.21. The van der Waals surface area contributed by atoms with Gasteiger partial charge < -0.3 is 15.2 Å². The zero-order valence-electron chi connectivity index (χ0n) is 9.58. The number of hydrogen-bond acceptors (Lipinski definition) is 3. The van der Waals surface area contributed by atoms with Crippen LogP contribution in [0, 0.1) is 0 Å². The van der Waals surface area contributed by atoms with Crippen molar-refractivity contribution in [3.8, 4) is 0 Å². The number of carboxylic acids is 1. The molecule has 1 saturated heterocycles. The van der Waals surface area contributed by atoms with E-state index in [1.54, 1.807) is 0 Å². The van der Waals surface area contributed by atoms with E-state index in [-0.39, 0.29) is 25.5 Å². The van der Waals surface area contributed by atoms with E-state index in [0.717, 1.165) is 12.0 Å². The Morgan fingerprint density at radius 1 is 1.50 bits per heavy atom. The second-order valence-corrected chi connectivity index (χ2v) is 4.18. The van der Waals surface area contributed by atoms with Gasteiger partial charge in [-0.15, -0.1) is 0 Å². The van der Waals surface area contributed by atoms with Gasteiger partial charge in [0.1, 0.15) is 0 Å². The standard InChI is InChI=1S/C11H17NO4/c1-3-8(2)4-9(13)12-11(5-10(14)15)6-16-7-11/h4H,3,5-7H2,1-2H3,(H,12,13)(H,14,15)/b8-4+. The number of rotatable bonds is 5. The first-order chi connectivity index (χ1) is 7.47. The Balaban J connectivity index is 2.57. The fourth-order valence-corrected chi connectivity index (χ4v) is 1.48. The molecule has 1 aliphatic heterocycles. The first-order valence-corrected chi connectivity index (χ1v) is 5.26. The number of allylic oxidation sites excluding steroid dienone is 1. The topological polar surface area (TPSA) is 75.6 Å². The van der Waals surface area contributed by atoms with Gasteiger partial charge in [-0.3, -0.25) is 9.59 Å². The fraction of sp³-hybridized carbons (Fsp3) is 0.636. The molecule has 0 aromatic heterocycles. The zero-order valence-corrected chi connectivity index (χ0v) is 9.58. The van der Waals surface area contributed by atoms with Crippen LogP contribution in [0.4, 0.5) is 0 Å². The summed E-state index contributed by atoms with van der Waals surface area (Å²) in [6.07, 6.45) is 2.20. The van der Waals surface area contributed by atoms with Crippen molar-refractivity contribution in [2.45, 2.75) is 32.2 Å². The molecule has 0 spiro atoms. The molecular weight excluding hydrogens is 210 g/mol. The Morgan fingerprint density at radius 2 is 2.12 bits per heavy atom. The number of carboxylic acid groups (broad SMARTS) is 1. The average Bonchev–Trinajstić information content (AvgIpc) is 2.13. The first kappa shape index (κ1) is 12.7. The quantitative estimate of drug-likeness (QED) is 0.678. The maximum Gasteiger partial charge on any atom is 0.305 e. The van der Waals surface area contributed by atoms with E-state index in [9.17, 15) is 9.59 Å². The van der Waals surface area contributed by atoms with Crippen LogP contribution in [0.3, 0.4) is 0 Å². The lowest BCUT2D eigenvalue weighted by Gasteiger charge is -2.40. The Labute approximate surface area is 94.5 Å². The van der Waals surface area contributed by atoms with Crippen molar-refractivity contribution >= 4 is 11.9 Å². The third kappa shape index (κ3) is 3.34. The van der Waals surface area contributed by atoms with E-state index in [0.29, 0.717) is 0 Å². The highest BCUT2D eigenvalue weighted by atomic mass is 16.5. The van der Waals surface area contributed by atoms with E-state index in [1.807, 2.05) is 13.8 Å². The largest absolute Gasteiger partial charge is 0.481 e. The van der Waals surface area contributed by atoms with Crippen LogP contribution in [0.25, 0.3) is 0 Å². The monoisotopic (exact) mass is 227 g/mol. The van der Waals surface area contributed by atoms with Crippen LogP contribution in [0.15, 0.2) is 11.6 Å². The summed E-state index contributed by atoms with van der Waals surface area (Å²) in [5.41, 5.74) is 0.246. The van der Waals surface area contributed by atoms with Crippen LogP contribution >= 0.6 is 0 Å². The van der Waals surface area contributed by atoms with E-state index >= 15 is 0 Å². The number of ether oxygens (including phenoxy) is 1. The van der Waals surface area contributed by atoms with Gasteiger partial charge in [0.2, 0.25) is 5.91 Å². The van der Waals surface area contributed by atoms with Gasteiger partial charge in [0, 0.05) is 6.08 Å². The Morgan fingerprint density at radius 3 is 2.50 bits per heavy atom. The van der Waals surface area contributed by atoms with Crippen LogP contribution in [-0.4, -0.2) is 35.7 Å². The molecule has 0 atom stereocenters. The molecular formula is C11H17NO4. The van der Waals surface area contributed by atoms with E-state index in [1.165, 1.54) is 6.08 Å². The molecule has 1 fully saturated rings. The van der Waals surface area contributed by atoms with Crippen LogP contribution < -0.4 is 5.32 Å². The van der Waals surface area contributed by atoms with Gasteiger partial charge in [-0.25, -0.2) is 0 Å². The van der Waals surface area contributed by atoms with E-state index in [4.69, 9.17) is 9.84 Å². The van der Waals surface area contributed by atoms with Gasteiger partial charge in [0.15, 0.2) is 0 Å². The summed E-state index contributed by atoms with van der Waals surface area (Å²) in [7, 11) is 0. The van der Waals surface area contributed by atoms with Crippen LogP contribution in [-0.2, 0) is 14.3 Å². The molecule has 1 aliphatic rings. The molecule has 0 aromatic carbocycles. The first-order valence-electron chi connectivity index (χ1n) is 5.26. The molecule has 0 bridgehead atoms. The van der Waals surface area contributed by atoms with E-state index in [2.05, 4.69) is 5.32 Å². The Kier molecular flexibility index (Phi) is 4.06. The number of aliphatic carboxylic acids is 1. The predicted molar refractivity (Wildman–Crippen MR) is 58.0 cm³/mol. The summed E-state index contributed by atoms with van der Waals surface area (Å²) in [4.78, 5) is 22.2. The van der Waals surface area contributed by atoms with Gasteiger partial charge >= 0.3 is 5.97 Å². The lowest BCUT2D eigenvalue weighted by molar-refractivity contribution is -0.148. The summed E-state index contributed by atoms with van der Waals surface area (Å²) in [5.74, 6) is -1.18. The minimum absolute atomic E-state index is 0.0995. The molecule has 1 heterocycles. The maximum atomic E-state index is 11.6. The van der Waals surface area contributed by atoms with Crippen molar-refractivity contribution in [3.05, 3.63) is 11.6 Å². The lowest BCUT2D eigenvalue weighted by Crippen LogP contribution is -2.62. The second-order valence-electron chi connectivity index (χ2n) is 4.18. The van der Waals surface area contributed by atoms with Crippen LogP contribution in [0.1, 0.15) is 26.7 Å². The number of nitrogens with one attached hydrogen (secondary N) is 1. The summed E-state index contributed by atoms with van der Waals surface area (Å²) in [5, 5.41) is 11.4. The SMILES string of the molecule is CC/C(C)=C/C(=O)NC1(CC(=O)O)COC1. The van der Waals surface area contributed by atoms with Crippen molar-refractivity contribution in [3.63, 3.8) is 0 Å². The third-order valence-electron chi connectivity index (χ3n) is 2.57. The molecule has 0 unspecified atom stereocenters. The van der Waals surface area contributed by atoms with Gasteiger partial charge in [0.25, 0.3) is 0 Å². The molecule has 0 aliphatic carbocycles. The molecule has 0 saturated carbocycles. The van der Waals surface area contributed by atoms with Crippen molar-refractivity contribution in [2.75, 3.05) is 13.2 Å². The molecule has 16 heavy (non-hydrogen) atoms. The highest BCUT2D eigenvalue weighted by Gasteiger charge is 2.41. The number of hydrogen-bond donors (Lipinski definition) is 2. The minimum atomic E-state index is -0.931. The smallest absolute Gasteiger partial charge is 0.305 e. The zero-order chi connectivity index (χ0) is 12.2. The van der Waals surface area contributed by atoms with Crippen molar-refractivity contribution in [1.29, 1.82) is 0 Å². The normalized spacial score (nSPS) is 18.8. The molecule has 2 N–H and O–H groups in total. The lowest BCUT2D eigenvalue weighted by atomic mass is 9.93. The van der Waals surface area contributed by atoms with Gasteiger partial charge in [0.05, 0.1) is 25.2 Å². The Bertz CT molecular complexity index is 318. The second kappa shape index (κ2) is 5.12. The number of carbonyl (C=O) groups excluding carboxylic acids is 1. The fourth-order valence-electron chi connectivity index (χ4n) is 1.48. The molecule has 5 nitrogen and oxygen atoms in total. The maximum absolute atomic E-state index is 11.6. The van der Waals surface area contributed by atoms with Crippen LogP contribution in [0.2, 0.25) is 0 Å². The predicted octanol–water partition coefficient (Wildman–Crippen LogP) is 0.703. The molecule has 1 rings (SSSR count). The van der Waals surface area contributed by atoms with E-state index < -0.39 is 11.5 Å². The highest BCUT2D eigenvalue weighted by molar-refractivity contribution is 5.89. The summed E-state index contributed by atoms with van der Waals surface area (Å²) >= 11 is 0. The van der Waals surface area contributed by atoms with Gasteiger partial charge in [-0.05, 0) is 13.3 Å². The molecule has 5 heteroatoms. The minimum Gasteiger partial charge on any atom is -0.481 e. The van der Waals surface area contributed by atoms with Crippen LogP contribution in [0.5, 0.6) is 0 Å². The molecule has 90 valence electrons. The van der Waals surface area contributed by atoms with Crippen molar-refractivity contribution in [1.82, 2.24) is 5.32 Å². The number of carbonyl (C=O) groups is 2. The average molecular weight is 227 g/mol. The van der Waals surface area contributed by atoms with Gasteiger partial charge in [-0.2, -0.15) is 0 Å². The Hall–Kier alpha value is -1.36.